The van der Waals surface area contributed by atoms with Crippen LogP contribution in [0.15, 0.2) is 24.3 Å². The molecule has 0 saturated carbocycles. The number of likely N-dealkylation sites (tertiary alicyclic amines) is 1. The number of nitrogens with two attached hydrogens (primary N) is 1. The van der Waals surface area contributed by atoms with E-state index in [9.17, 15) is 14.9 Å². The van der Waals surface area contributed by atoms with E-state index in [2.05, 4.69) is 6.92 Å². The fraction of sp³-hybridized carbons (Fsp3) is 0.562. The zero-order valence-corrected chi connectivity index (χ0v) is 14.1. The number of rotatable bonds is 5. The zero-order valence-electron chi connectivity index (χ0n) is 13.3. The number of benzene rings is 1. The molecular formula is C16H24ClN3O3. The van der Waals surface area contributed by atoms with Crippen molar-refractivity contribution in [2.45, 2.75) is 38.6 Å². The average Bonchev–Trinajstić information content (AvgIpc) is 2.52. The zero-order chi connectivity index (χ0) is 16.1. The lowest BCUT2D eigenvalue weighted by Crippen LogP contribution is -2.49. The van der Waals surface area contributed by atoms with Crippen molar-refractivity contribution >= 4 is 24.0 Å². The van der Waals surface area contributed by atoms with Crippen molar-refractivity contribution in [3.63, 3.8) is 0 Å². The summed E-state index contributed by atoms with van der Waals surface area (Å²) >= 11 is 0. The molecule has 2 atom stereocenters. The van der Waals surface area contributed by atoms with Gasteiger partial charge in [-0.3, -0.25) is 14.9 Å². The minimum Gasteiger partial charge on any atom is -0.338 e. The molecule has 1 amide bonds. The molecule has 0 bridgehead atoms. The lowest BCUT2D eigenvalue weighted by atomic mass is 9.92. The Kier molecular flexibility index (Phi) is 7.45. The van der Waals surface area contributed by atoms with Crippen LogP contribution in [-0.4, -0.2) is 34.9 Å². The molecule has 0 spiro atoms. The molecular weight excluding hydrogens is 318 g/mol. The Morgan fingerprint density at radius 1 is 1.48 bits per heavy atom. The van der Waals surface area contributed by atoms with Crippen molar-refractivity contribution < 1.29 is 9.72 Å². The third kappa shape index (κ3) is 5.18. The Bertz CT molecular complexity index is 553. The van der Waals surface area contributed by atoms with E-state index in [0.717, 1.165) is 24.9 Å². The van der Waals surface area contributed by atoms with Gasteiger partial charge in [0, 0.05) is 37.7 Å². The molecule has 1 saturated heterocycles. The highest BCUT2D eigenvalue weighted by molar-refractivity contribution is 5.85. The number of nitro benzene ring substituents is 1. The van der Waals surface area contributed by atoms with E-state index >= 15 is 0 Å². The average molecular weight is 342 g/mol. The molecule has 2 rings (SSSR count). The van der Waals surface area contributed by atoms with Gasteiger partial charge in [-0.25, -0.2) is 0 Å². The number of nitrogens with zero attached hydrogens (tertiary/aromatic N) is 2. The highest BCUT2D eigenvalue weighted by Gasteiger charge is 2.28. The Hall–Kier alpha value is -1.66. The third-order valence-electron chi connectivity index (χ3n) is 4.32. The number of carbonyl (C=O) groups excluding carboxylic acids is 1. The van der Waals surface area contributed by atoms with Gasteiger partial charge in [-0.05, 0) is 30.7 Å². The molecule has 2 N–H and O–H groups in total. The van der Waals surface area contributed by atoms with Gasteiger partial charge in [0.05, 0.1) is 4.92 Å². The van der Waals surface area contributed by atoms with Gasteiger partial charge in [0.15, 0.2) is 0 Å². The van der Waals surface area contributed by atoms with Gasteiger partial charge < -0.3 is 10.6 Å². The van der Waals surface area contributed by atoms with Crippen LogP contribution in [0.5, 0.6) is 0 Å². The summed E-state index contributed by atoms with van der Waals surface area (Å²) in [6.07, 6.45) is 2.86. The monoisotopic (exact) mass is 341 g/mol. The largest absolute Gasteiger partial charge is 0.338 e. The number of carbonyl (C=O) groups is 1. The van der Waals surface area contributed by atoms with Crippen LogP contribution in [-0.2, 0) is 11.2 Å². The second-order valence-electron chi connectivity index (χ2n) is 6.03. The van der Waals surface area contributed by atoms with E-state index in [1.165, 1.54) is 12.1 Å². The van der Waals surface area contributed by atoms with Gasteiger partial charge in [0.2, 0.25) is 5.91 Å². The number of amides is 1. The van der Waals surface area contributed by atoms with Crippen LogP contribution in [0.2, 0.25) is 0 Å². The summed E-state index contributed by atoms with van der Waals surface area (Å²) in [5.74, 6) is 0.697. The molecule has 1 fully saturated rings. The van der Waals surface area contributed by atoms with Gasteiger partial charge in [-0.2, -0.15) is 0 Å². The maximum atomic E-state index is 12.4. The predicted molar refractivity (Wildman–Crippen MR) is 91.6 cm³/mol. The van der Waals surface area contributed by atoms with Crippen LogP contribution >= 0.6 is 12.4 Å². The first kappa shape index (κ1) is 19.4. The Morgan fingerprint density at radius 2 is 2.22 bits per heavy atom. The van der Waals surface area contributed by atoms with Crippen molar-refractivity contribution in [3.8, 4) is 0 Å². The maximum absolute atomic E-state index is 12.4. The van der Waals surface area contributed by atoms with E-state index in [4.69, 9.17) is 5.73 Å². The molecule has 1 heterocycles. The van der Waals surface area contributed by atoms with Crippen LogP contribution < -0.4 is 5.73 Å². The quantitative estimate of drug-likeness (QED) is 0.658. The molecule has 1 aliphatic rings. The predicted octanol–water partition coefficient (Wildman–Crippen LogP) is 2.54. The SMILES string of the molecule is CC1CCN(C(=O)CCc2cccc([N+](=O)[O-])c2)C(CN)C1.Cl. The second-order valence-corrected chi connectivity index (χ2v) is 6.03. The molecule has 1 aliphatic heterocycles. The van der Waals surface area contributed by atoms with Gasteiger partial charge in [0.25, 0.3) is 5.69 Å². The van der Waals surface area contributed by atoms with Crippen molar-refractivity contribution in [2.75, 3.05) is 13.1 Å². The molecule has 7 heteroatoms. The minimum atomic E-state index is -0.415. The summed E-state index contributed by atoms with van der Waals surface area (Å²) in [5.41, 5.74) is 6.67. The van der Waals surface area contributed by atoms with Crippen LogP contribution in [0.3, 0.4) is 0 Å². The molecule has 23 heavy (non-hydrogen) atoms. The fourth-order valence-electron chi connectivity index (χ4n) is 3.02. The van der Waals surface area contributed by atoms with E-state index in [1.807, 2.05) is 11.0 Å². The number of piperidine rings is 1. The van der Waals surface area contributed by atoms with Crippen LogP contribution in [0.25, 0.3) is 0 Å². The molecule has 6 nitrogen and oxygen atoms in total. The molecule has 128 valence electrons. The first-order valence-corrected chi connectivity index (χ1v) is 7.74. The molecule has 0 aromatic heterocycles. The Morgan fingerprint density at radius 3 is 2.87 bits per heavy atom. The number of aryl methyl sites for hydroxylation is 1. The number of nitro groups is 1. The molecule has 0 aliphatic carbocycles. The number of hydrogen-bond donors (Lipinski definition) is 1. The number of halogens is 1. The Labute approximate surface area is 142 Å². The van der Waals surface area contributed by atoms with Crippen LogP contribution in [0.4, 0.5) is 5.69 Å². The van der Waals surface area contributed by atoms with E-state index in [-0.39, 0.29) is 30.0 Å². The standard InChI is InChI=1S/C16H23N3O3.ClH/c1-12-7-8-18(15(9-12)11-17)16(20)6-5-13-3-2-4-14(10-13)19(21)22;/h2-4,10,12,15H,5-9,11,17H2,1H3;1H. The summed E-state index contributed by atoms with van der Waals surface area (Å²) in [6.45, 7) is 3.44. The van der Waals surface area contributed by atoms with E-state index in [0.29, 0.717) is 25.3 Å². The molecule has 0 radical (unpaired) electrons. The van der Waals surface area contributed by atoms with Crippen molar-refractivity contribution in [3.05, 3.63) is 39.9 Å². The van der Waals surface area contributed by atoms with E-state index in [1.54, 1.807) is 6.07 Å². The Balaban J connectivity index is 0.00000264. The van der Waals surface area contributed by atoms with Gasteiger partial charge >= 0.3 is 0 Å². The van der Waals surface area contributed by atoms with E-state index < -0.39 is 4.92 Å². The molecule has 1 aromatic rings. The normalized spacial score (nSPS) is 20.7. The van der Waals surface area contributed by atoms with Gasteiger partial charge in [0.1, 0.15) is 0 Å². The minimum absolute atomic E-state index is 0. The lowest BCUT2D eigenvalue weighted by molar-refractivity contribution is -0.384. The molecule has 2 unspecified atom stereocenters. The first-order valence-electron chi connectivity index (χ1n) is 7.74. The summed E-state index contributed by atoms with van der Waals surface area (Å²) in [4.78, 5) is 24.6. The third-order valence-corrected chi connectivity index (χ3v) is 4.32. The molecule has 1 aromatic carbocycles. The van der Waals surface area contributed by atoms with Crippen molar-refractivity contribution in [1.82, 2.24) is 4.90 Å². The summed E-state index contributed by atoms with van der Waals surface area (Å²) < 4.78 is 0. The fourth-order valence-corrected chi connectivity index (χ4v) is 3.02. The summed E-state index contributed by atoms with van der Waals surface area (Å²) in [6, 6.07) is 6.59. The maximum Gasteiger partial charge on any atom is 0.269 e. The number of hydrogen-bond acceptors (Lipinski definition) is 4. The highest BCUT2D eigenvalue weighted by atomic mass is 35.5. The van der Waals surface area contributed by atoms with Gasteiger partial charge in [-0.1, -0.05) is 19.1 Å². The highest BCUT2D eigenvalue weighted by Crippen LogP contribution is 2.23. The van der Waals surface area contributed by atoms with Crippen molar-refractivity contribution in [1.29, 1.82) is 0 Å². The van der Waals surface area contributed by atoms with Gasteiger partial charge in [-0.15, -0.1) is 12.4 Å². The van der Waals surface area contributed by atoms with Crippen LogP contribution in [0, 0.1) is 16.0 Å². The smallest absolute Gasteiger partial charge is 0.269 e. The van der Waals surface area contributed by atoms with Crippen LogP contribution in [0.1, 0.15) is 31.7 Å². The second kappa shape index (κ2) is 8.84. The number of non-ortho nitro benzene ring substituents is 1. The first-order chi connectivity index (χ1) is 10.5. The topological polar surface area (TPSA) is 89.5 Å². The van der Waals surface area contributed by atoms with Crippen molar-refractivity contribution in [2.24, 2.45) is 11.7 Å². The summed E-state index contributed by atoms with van der Waals surface area (Å²) in [7, 11) is 0. The summed E-state index contributed by atoms with van der Waals surface area (Å²) in [5, 5.41) is 10.8. The lowest BCUT2D eigenvalue weighted by Gasteiger charge is -2.38.